The zero-order valence-corrected chi connectivity index (χ0v) is 4.12. The van der Waals surface area contributed by atoms with E-state index in [4.69, 9.17) is 0 Å². The van der Waals surface area contributed by atoms with Crippen molar-refractivity contribution in [2.45, 2.75) is 5.12 Å². The van der Waals surface area contributed by atoms with Gasteiger partial charge in [-0.05, 0) is 20.8 Å². The minimum atomic E-state index is -3.11. The summed E-state index contributed by atoms with van der Waals surface area (Å²) < 4.78 is 21.5. The summed E-state index contributed by atoms with van der Waals surface area (Å²) in [5.41, 5.74) is 0. The standard InChI is InChI=1S/CH2ClF2P/c2-1(3,4)5/h5H2. The van der Waals surface area contributed by atoms with Crippen molar-refractivity contribution in [2.75, 3.05) is 0 Å². The molecule has 0 amide bonds. The van der Waals surface area contributed by atoms with Crippen LogP contribution < -0.4 is 0 Å². The van der Waals surface area contributed by atoms with Gasteiger partial charge in [-0.15, -0.1) is 0 Å². The van der Waals surface area contributed by atoms with E-state index in [2.05, 4.69) is 11.6 Å². The van der Waals surface area contributed by atoms with Gasteiger partial charge in [0.2, 0.25) is 0 Å². The Balaban J connectivity index is 3.02. The van der Waals surface area contributed by atoms with Crippen LogP contribution in [0.25, 0.3) is 0 Å². The molecule has 0 saturated heterocycles. The molecule has 0 saturated carbocycles. The van der Waals surface area contributed by atoms with Gasteiger partial charge in [-0.2, -0.15) is 8.78 Å². The number of alkyl halides is 3. The molecule has 0 aliphatic heterocycles. The van der Waals surface area contributed by atoms with E-state index in [-0.39, 0.29) is 0 Å². The van der Waals surface area contributed by atoms with Gasteiger partial charge in [-0.25, -0.2) is 0 Å². The highest BCUT2D eigenvalue weighted by molar-refractivity contribution is 7.21. The summed E-state index contributed by atoms with van der Waals surface area (Å²) in [5.74, 6) is 0. The molecule has 0 nitrogen and oxygen atoms in total. The largest absolute Gasteiger partial charge is 0.332 e. The van der Waals surface area contributed by atoms with Gasteiger partial charge in [0.15, 0.2) is 0 Å². The molecule has 0 aromatic rings. The fourth-order valence-corrected chi connectivity index (χ4v) is 0. The number of halogens is 3. The number of rotatable bonds is 0. The van der Waals surface area contributed by atoms with Gasteiger partial charge in [-0.1, -0.05) is 0 Å². The summed E-state index contributed by atoms with van der Waals surface area (Å²) in [7, 11) is 1.15. The van der Waals surface area contributed by atoms with Crippen molar-refractivity contribution < 1.29 is 8.78 Å². The molecule has 0 bridgehead atoms. The Bertz CT molecular complexity index is 25.1. The Morgan fingerprint density at radius 3 is 1.60 bits per heavy atom. The second-order valence-corrected chi connectivity index (χ2v) is 2.14. The first-order chi connectivity index (χ1) is 2.00. The molecule has 0 radical (unpaired) electrons. The molecule has 0 rings (SSSR count). The third kappa shape index (κ3) is 90.6. The minimum absolute atomic E-state index is 1.15. The fraction of sp³-hybridized carbons (Fsp3) is 1.00. The normalized spacial score (nSPS) is 12.0. The van der Waals surface area contributed by atoms with E-state index in [1.807, 2.05) is 0 Å². The lowest BCUT2D eigenvalue weighted by molar-refractivity contribution is 0.202. The lowest BCUT2D eigenvalue weighted by Gasteiger charge is -1.90. The molecular weight excluding hydrogens is 116 g/mol. The maximum Gasteiger partial charge on any atom is 0.332 e. The molecular formula is CH2ClF2P. The van der Waals surface area contributed by atoms with Crippen molar-refractivity contribution in [3.8, 4) is 0 Å². The molecule has 5 heavy (non-hydrogen) atoms. The Kier molecular flexibility index (Phi) is 1.51. The zero-order chi connectivity index (χ0) is 4.50. The first-order valence-electron chi connectivity index (χ1n) is 0.856. The zero-order valence-electron chi connectivity index (χ0n) is 2.21. The van der Waals surface area contributed by atoms with Gasteiger partial charge in [0.1, 0.15) is 0 Å². The monoisotopic (exact) mass is 118 g/mol. The first kappa shape index (κ1) is 5.58. The van der Waals surface area contributed by atoms with Crippen molar-refractivity contribution in [1.29, 1.82) is 0 Å². The number of hydrogen-bond acceptors (Lipinski definition) is 0. The highest BCUT2D eigenvalue weighted by atomic mass is 35.5. The molecule has 0 heterocycles. The van der Waals surface area contributed by atoms with Crippen LogP contribution in [-0.2, 0) is 0 Å². The topological polar surface area (TPSA) is 0 Å². The van der Waals surface area contributed by atoms with E-state index in [0.29, 0.717) is 0 Å². The maximum atomic E-state index is 10.7. The van der Waals surface area contributed by atoms with Crippen LogP contribution >= 0.6 is 20.8 Å². The van der Waals surface area contributed by atoms with E-state index in [1.165, 1.54) is 0 Å². The van der Waals surface area contributed by atoms with Crippen LogP contribution in [0.5, 0.6) is 0 Å². The van der Waals surface area contributed by atoms with Crippen LogP contribution in [-0.4, -0.2) is 5.12 Å². The lowest BCUT2D eigenvalue weighted by atomic mass is 11.6. The van der Waals surface area contributed by atoms with Crippen LogP contribution in [0.2, 0.25) is 0 Å². The summed E-state index contributed by atoms with van der Waals surface area (Å²) in [6, 6.07) is 0. The molecule has 0 aromatic carbocycles. The van der Waals surface area contributed by atoms with Crippen molar-refractivity contribution in [3.05, 3.63) is 0 Å². The smallest absolute Gasteiger partial charge is 0.185 e. The molecule has 0 aromatic heterocycles. The highest BCUT2D eigenvalue weighted by Crippen LogP contribution is 2.25. The first-order valence-corrected chi connectivity index (χ1v) is 1.81. The third-order valence-corrected chi connectivity index (χ3v) is 0. The molecule has 0 fully saturated rings. The molecule has 1 unspecified atom stereocenters. The molecule has 0 aliphatic rings. The van der Waals surface area contributed by atoms with Crippen molar-refractivity contribution in [1.82, 2.24) is 0 Å². The molecule has 1 atom stereocenters. The van der Waals surface area contributed by atoms with Gasteiger partial charge in [0, 0.05) is 0 Å². The summed E-state index contributed by atoms with van der Waals surface area (Å²) >= 11 is 4.16. The fourth-order valence-electron chi connectivity index (χ4n) is 0. The van der Waals surface area contributed by atoms with Gasteiger partial charge in [0.05, 0.1) is 0 Å². The van der Waals surface area contributed by atoms with Crippen LogP contribution in [0.1, 0.15) is 0 Å². The molecule has 0 aliphatic carbocycles. The van der Waals surface area contributed by atoms with Crippen LogP contribution in [0.3, 0.4) is 0 Å². The van der Waals surface area contributed by atoms with Crippen molar-refractivity contribution >= 4 is 20.8 Å². The summed E-state index contributed by atoms with van der Waals surface area (Å²) in [6.07, 6.45) is 0. The van der Waals surface area contributed by atoms with E-state index in [0.717, 1.165) is 9.24 Å². The average molecular weight is 118 g/mol. The highest BCUT2D eigenvalue weighted by Gasteiger charge is 2.12. The lowest BCUT2D eigenvalue weighted by Crippen LogP contribution is -1.85. The van der Waals surface area contributed by atoms with E-state index in [1.54, 1.807) is 0 Å². The second kappa shape index (κ2) is 1.36. The van der Waals surface area contributed by atoms with Gasteiger partial charge in [0.25, 0.3) is 0 Å². The maximum absolute atomic E-state index is 10.7. The van der Waals surface area contributed by atoms with Gasteiger partial charge >= 0.3 is 5.12 Å². The van der Waals surface area contributed by atoms with E-state index in [9.17, 15) is 8.78 Å². The van der Waals surface area contributed by atoms with E-state index >= 15 is 0 Å². The quantitative estimate of drug-likeness (QED) is 0.335. The Morgan fingerprint density at radius 2 is 1.60 bits per heavy atom. The van der Waals surface area contributed by atoms with Crippen molar-refractivity contribution in [3.63, 3.8) is 0 Å². The predicted octanol–water partition coefficient (Wildman–Crippen LogP) is 1.65. The SMILES string of the molecule is FC(F)(P)Cl. The van der Waals surface area contributed by atoms with Crippen LogP contribution in [0, 0.1) is 0 Å². The summed E-state index contributed by atoms with van der Waals surface area (Å²) in [5, 5.41) is -3.11. The molecule has 0 spiro atoms. The Hall–Kier alpha value is 0.580. The third-order valence-electron chi connectivity index (χ3n) is 0. The van der Waals surface area contributed by atoms with Gasteiger partial charge < -0.3 is 0 Å². The van der Waals surface area contributed by atoms with Gasteiger partial charge in [-0.3, -0.25) is 0 Å². The molecule has 4 heteroatoms. The van der Waals surface area contributed by atoms with Crippen molar-refractivity contribution in [2.24, 2.45) is 0 Å². The summed E-state index contributed by atoms with van der Waals surface area (Å²) in [4.78, 5) is 0. The second-order valence-electron chi connectivity index (χ2n) is 0.542. The minimum Gasteiger partial charge on any atom is -0.185 e. The van der Waals surface area contributed by atoms with Crippen LogP contribution in [0.15, 0.2) is 0 Å². The van der Waals surface area contributed by atoms with E-state index < -0.39 is 5.12 Å². The average Bonchev–Trinajstić information content (AvgIpc) is 0.722. The Morgan fingerprint density at radius 1 is 1.60 bits per heavy atom. The molecule has 0 N–H and O–H groups in total. The Labute approximate surface area is 35.7 Å². The predicted molar refractivity (Wildman–Crippen MR) is 20.5 cm³/mol. The molecule has 32 valence electrons. The summed E-state index contributed by atoms with van der Waals surface area (Å²) in [6.45, 7) is 0. The number of hydrogen-bond donors (Lipinski definition) is 0. The van der Waals surface area contributed by atoms with Crippen LogP contribution in [0.4, 0.5) is 8.78 Å².